The fourth-order valence-electron chi connectivity index (χ4n) is 3.52. The fourth-order valence-corrected chi connectivity index (χ4v) is 4.19. The molecule has 1 atom stereocenters. The molecule has 116 valence electrons. The molecule has 1 fully saturated rings. The van der Waals surface area contributed by atoms with Crippen molar-refractivity contribution < 1.29 is 14.3 Å². The molecule has 1 aliphatic carbocycles. The van der Waals surface area contributed by atoms with Gasteiger partial charge in [0.05, 0.1) is 6.61 Å². The van der Waals surface area contributed by atoms with E-state index in [2.05, 4.69) is 15.9 Å². The number of allylic oxidation sites excluding steroid dienone is 2. The summed E-state index contributed by atoms with van der Waals surface area (Å²) in [5, 5.41) is 0. The molecule has 1 aromatic rings. The van der Waals surface area contributed by atoms with Crippen LogP contribution in [0, 0.1) is 0 Å². The Bertz CT molecular complexity index is 655. The monoisotopic (exact) mass is 363 g/mol. The van der Waals surface area contributed by atoms with Crippen LogP contribution in [0.3, 0.4) is 0 Å². The highest BCUT2D eigenvalue weighted by Gasteiger charge is 2.50. The highest BCUT2D eigenvalue weighted by Crippen LogP contribution is 2.50. The van der Waals surface area contributed by atoms with E-state index < -0.39 is 5.41 Å². The smallest absolute Gasteiger partial charge is 0.414 e. The van der Waals surface area contributed by atoms with Crippen LogP contribution in [0.25, 0.3) is 0 Å². The van der Waals surface area contributed by atoms with Crippen LogP contribution in [-0.2, 0) is 14.9 Å². The molecule has 0 bridgehead atoms. The number of hydrogen-bond donors (Lipinski definition) is 0. The largest absolute Gasteiger partial charge is 0.449 e. The Labute approximate surface area is 138 Å². The molecule has 4 nitrogen and oxygen atoms in total. The van der Waals surface area contributed by atoms with Gasteiger partial charge in [0.25, 0.3) is 0 Å². The zero-order valence-corrected chi connectivity index (χ0v) is 14.1. The van der Waals surface area contributed by atoms with E-state index in [4.69, 9.17) is 4.74 Å². The average molecular weight is 364 g/mol. The maximum absolute atomic E-state index is 12.2. The molecule has 0 N–H and O–H groups in total. The Kier molecular flexibility index (Phi) is 4.08. The number of hydrogen-bond acceptors (Lipinski definition) is 3. The fraction of sp³-hybridized carbons (Fsp3) is 0.412. The third kappa shape index (κ3) is 2.37. The van der Waals surface area contributed by atoms with Crippen LogP contribution in [0.5, 0.6) is 0 Å². The average Bonchev–Trinajstić information content (AvgIpc) is 2.87. The van der Waals surface area contributed by atoms with Gasteiger partial charge in [-0.05, 0) is 25.0 Å². The topological polar surface area (TPSA) is 46.6 Å². The van der Waals surface area contributed by atoms with Crippen molar-refractivity contribution in [3.05, 3.63) is 46.1 Å². The second-order valence-corrected chi connectivity index (χ2v) is 6.53. The number of rotatable bonds is 2. The van der Waals surface area contributed by atoms with Gasteiger partial charge in [0.15, 0.2) is 0 Å². The van der Waals surface area contributed by atoms with E-state index in [-0.39, 0.29) is 11.9 Å². The molecule has 1 saturated heterocycles. The first-order valence-corrected chi connectivity index (χ1v) is 8.29. The Morgan fingerprint density at radius 2 is 2.18 bits per heavy atom. The zero-order chi connectivity index (χ0) is 15.7. The first kappa shape index (κ1) is 15.3. The summed E-state index contributed by atoms with van der Waals surface area (Å²) in [6, 6.07) is 7.94. The van der Waals surface area contributed by atoms with Gasteiger partial charge in [-0.2, -0.15) is 0 Å². The van der Waals surface area contributed by atoms with Crippen molar-refractivity contribution in [2.24, 2.45) is 0 Å². The third-order valence-corrected chi connectivity index (χ3v) is 5.13. The lowest BCUT2D eigenvalue weighted by atomic mass is 9.70. The molecule has 22 heavy (non-hydrogen) atoms. The van der Waals surface area contributed by atoms with E-state index in [1.165, 1.54) is 0 Å². The van der Waals surface area contributed by atoms with Crippen molar-refractivity contribution in [2.75, 3.05) is 13.2 Å². The van der Waals surface area contributed by atoms with Gasteiger partial charge in [-0.15, -0.1) is 0 Å². The number of fused-ring (bicyclic) bond motifs is 1. The van der Waals surface area contributed by atoms with Crippen molar-refractivity contribution >= 4 is 27.8 Å². The molecular formula is C17H18BrNO3. The number of ether oxygens (including phenoxy) is 1. The third-order valence-electron chi connectivity index (χ3n) is 4.44. The predicted octanol–water partition coefficient (Wildman–Crippen LogP) is 3.80. The molecule has 1 aliphatic heterocycles. The minimum Gasteiger partial charge on any atom is -0.449 e. The number of carbonyl (C=O) groups is 2. The van der Waals surface area contributed by atoms with Crippen LogP contribution in [0.15, 0.2) is 40.5 Å². The van der Waals surface area contributed by atoms with Crippen LogP contribution in [-0.4, -0.2) is 29.9 Å². The summed E-state index contributed by atoms with van der Waals surface area (Å²) in [6.45, 7) is 2.73. The highest BCUT2D eigenvalue weighted by molar-refractivity contribution is 9.10. The van der Waals surface area contributed by atoms with E-state index in [1.54, 1.807) is 11.8 Å². The molecule has 0 radical (unpaired) electrons. The SMILES string of the molecule is CCOC(=O)N1CCC2(c3ccccc3Br)CC(=O)CC=C12. The van der Waals surface area contributed by atoms with Crippen molar-refractivity contribution in [3.8, 4) is 0 Å². The standard InChI is InChI=1S/C17H18BrNO3/c1-2-22-16(21)19-10-9-17(11-12(20)7-8-15(17)19)13-5-3-4-6-14(13)18/h3-6,8H,2,7,9-11H2,1H3. The van der Waals surface area contributed by atoms with Crippen molar-refractivity contribution in [3.63, 3.8) is 0 Å². The molecule has 0 saturated carbocycles. The molecule has 0 spiro atoms. The van der Waals surface area contributed by atoms with Crippen molar-refractivity contribution in [2.45, 2.75) is 31.6 Å². The normalized spacial score (nSPS) is 24.0. The number of amides is 1. The molecule has 5 heteroatoms. The minimum atomic E-state index is -0.414. The minimum absolute atomic E-state index is 0.213. The summed E-state index contributed by atoms with van der Waals surface area (Å²) < 4.78 is 6.14. The van der Waals surface area contributed by atoms with E-state index in [0.29, 0.717) is 26.0 Å². The first-order valence-electron chi connectivity index (χ1n) is 7.50. The lowest BCUT2D eigenvalue weighted by molar-refractivity contribution is -0.119. The maximum Gasteiger partial charge on any atom is 0.414 e. The van der Waals surface area contributed by atoms with Crippen LogP contribution >= 0.6 is 15.9 Å². The first-order chi connectivity index (χ1) is 10.6. The molecular weight excluding hydrogens is 346 g/mol. The van der Waals surface area contributed by atoms with Crippen LogP contribution in [0.1, 0.15) is 31.7 Å². The zero-order valence-electron chi connectivity index (χ0n) is 12.5. The molecule has 2 aliphatic rings. The van der Waals surface area contributed by atoms with Crippen LogP contribution in [0.4, 0.5) is 4.79 Å². The maximum atomic E-state index is 12.2. The number of Topliss-reactive ketones (excluding diaryl/α,β-unsaturated/α-hetero) is 1. The molecule has 1 heterocycles. The van der Waals surface area contributed by atoms with Gasteiger partial charge >= 0.3 is 6.09 Å². The lowest BCUT2D eigenvalue weighted by Crippen LogP contribution is -2.37. The summed E-state index contributed by atoms with van der Waals surface area (Å²) in [6.07, 6.45) is 3.15. The second-order valence-electron chi connectivity index (χ2n) is 5.67. The Morgan fingerprint density at radius 3 is 2.91 bits per heavy atom. The molecule has 0 aromatic heterocycles. The summed E-state index contributed by atoms with van der Waals surface area (Å²) in [5.74, 6) is 0.213. The Hall–Kier alpha value is -1.62. The molecule has 1 aromatic carbocycles. The summed E-state index contributed by atoms with van der Waals surface area (Å²) in [5.41, 5.74) is 1.57. The van der Waals surface area contributed by atoms with Crippen molar-refractivity contribution in [1.82, 2.24) is 4.90 Å². The Balaban J connectivity index is 2.07. The van der Waals surface area contributed by atoms with E-state index in [0.717, 1.165) is 22.2 Å². The van der Waals surface area contributed by atoms with Gasteiger partial charge in [-0.3, -0.25) is 9.69 Å². The number of halogens is 1. The summed E-state index contributed by atoms with van der Waals surface area (Å²) in [4.78, 5) is 26.0. The highest BCUT2D eigenvalue weighted by atomic mass is 79.9. The van der Waals surface area contributed by atoms with Gasteiger partial charge in [0.2, 0.25) is 0 Å². The van der Waals surface area contributed by atoms with Gasteiger partial charge < -0.3 is 4.74 Å². The van der Waals surface area contributed by atoms with Crippen LogP contribution < -0.4 is 0 Å². The molecule has 1 unspecified atom stereocenters. The second kappa shape index (κ2) is 5.88. The molecule has 1 amide bonds. The van der Waals surface area contributed by atoms with Gasteiger partial charge in [0.1, 0.15) is 5.78 Å². The number of ketones is 1. The number of benzene rings is 1. The van der Waals surface area contributed by atoms with Gasteiger partial charge in [-0.1, -0.05) is 40.2 Å². The number of carbonyl (C=O) groups excluding carboxylic acids is 2. The van der Waals surface area contributed by atoms with Gasteiger partial charge in [0, 0.05) is 35.0 Å². The number of nitrogens with zero attached hydrogens (tertiary/aromatic N) is 1. The number of likely N-dealkylation sites (tertiary alicyclic amines) is 1. The molecule has 3 rings (SSSR count). The summed E-state index contributed by atoms with van der Waals surface area (Å²) >= 11 is 3.60. The van der Waals surface area contributed by atoms with Crippen molar-refractivity contribution in [1.29, 1.82) is 0 Å². The van der Waals surface area contributed by atoms with E-state index in [1.807, 2.05) is 30.3 Å². The lowest BCUT2D eigenvalue weighted by Gasteiger charge is -2.35. The van der Waals surface area contributed by atoms with Gasteiger partial charge in [-0.25, -0.2) is 4.79 Å². The van der Waals surface area contributed by atoms with E-state index >= 15 is 0 Å². The van der Waals surface area contributed by atoms with E-state index in [9.17, 15) is 9.59 Å². The van der Waals surface area contributed by atoms with Crippen LogP contribution in [0.2, 0.25) is 0 Å². The Morgan fingerprint density at radius 1 is 1.41 bits per heavy atom. The quantitative estimate of drug-likeness (QED) is 0.802. The summed E-state index contributed by atoms with van der Waals surface area (Å²) in [7, 11) is 0. The predicted molar refractivity (Wildman–Crippen MR) is 86.5 cm³/mol.